The maximum Gasteiger partial charge on any atom is 0.264 e. The fourth-order valence-electron chi connectivity index (χ4n) is 4.05. The van der Waals surface area contributed by atoms with Crippen LogP contribution in [0.25, 0.3) is 0 Å². The average molecular weight is 386 g/mol. The maximum absolute atomic E-state index is 13.1. The van der Waals surface area contributed by atoms with Gasteiger partial charge in [-0.3, -0.25) is 9.21 Å². The van der Waals surface area contributed by atoms with E-state index in [1.54, 1.807) is 28.6 Å². The summed E-state index contributed by atoms with van der Waals surface area (Å²) in [4.78, 5) is 5.23. The molecule has 4 rings (SSSR count). The van der Waals surface area contributed by atoms with E-state index < -0.39 is 10.0 Å². The molecule has 2 aliphatic rings. The van der Waals surface area contributed by atoms with Crippen LogP contribution in [0, 0.1) is 0 Å². The van der Waals surface area contributed by atoms with Crippen LogP contribution in [0.15, 0.2) is 53.4 Å². The number of anilines is 2. The first-order valence-corrected chi connectivity index (χ1v) is 11.2. The molecule has 27 heavy (non-hydrogen) atoms. The van der Waals surface area contributed by atoms with Crippen molar-refractivity contribution in [2.75, 3.05) is 48.5 Å². The van der Waals surface area contributed by atoms with Gasteiger partial charge in [0.1, 0.15) is 0 Å². The third-order valence-corrected chi connectivity index (χ3v) is 7.36. The quantitative estimate of drug-likeness (QED) is 0.794. The summed E-state index contributed by atoms with van der Waals surface area (Å²) in [5, 5.41) is 0. The molecule has 2 aliphatic heterocycles. The van der Waals surface area contributed by atoms with Crippen molar-refractivity contribution in [2.24, 2.45) is 0 Å². The molecule has 0 bridgehead atoms. The van der Waals surface area contributed by atoms with Gasteiger partial charge in [-0.15, -0.1) is 0 Å². The van der Waals surface area contributed by atoms with Crippen LogP contribution in [0.5, 0.6) is 0 Å². The molecule has 0 saturated carbocycles. The van der Waals surface area contributed by atoms with Gasteiger partial charge in [0.05, 0.1) is 10.6 Å². The number of sulfonamides is 1. The Kier molecular flexibility index (Phi) is 5.10. The Balaban J connectivity index is 1.58. The van der Waals surface area contributed by atoms with Crippen molar-refractivity contribution in [3.8, 4) is 0 Å². The molecule has 0 radical (unpaired) electrons. The predicted molar refractivity (Wildman–Crippen MR) is 110 cm³/mol. The number of benzene rings is 2. The number of hydrogen-bond acceptors (Lipinski definition) is 4. The lowest BCUT2D eigenvalue weighted by molar-refractivity contribution is 0.258. The molecule has 0 amide bonds. The van der Waals surface area contributed by atoms with Crippen molar-refractivity contribution in [2.45, 2.75) is 24.7 Å². The lowest BCUT2D eigenvalue weighted by Crippen LogP contribution is -2.46. The van der Waals surface area contributed by atoms with Gasteiger partial charge in [-0.1, -0.05) is 31.2 Å². The van der Waals surface area contributed by atoms with Crippen LogP contribution < -0.4 is 9.21 Å². The zero-order valence-electron chi connectivity index (χ0n) is 15.8. The van der Waals surface area contributed by atoms with E-state index in [0.717, 1.165) is 56.1 Å². The molecule has 5 nitrogen and oxygen atoms in total. The van der Waals surface area contributed by atoms with Gasteiger partial charge in [0.2, 0.25) is 0 Å². The molecule has 0 aromatic heterocycles. The summed E-state index contributed by atoms with van der Waals surface area (Å²) in [5.74, 6) is 0. The third kappa shape index (κ3) is 3.56. The average Bonchev–Trinajstić information content (AvgIpc) is 3.13. The summed E-state index contributed by atoms with van der Waals surface area (Å²) < 4.78 is 27.8. The van der Waals surface area contributed by atoms with E-state index in [4.69, 9.17) is 0 Å². The first-order chi connectivity index (χ1) is 13.1. The molecule has 2 aromatic rings. The molecule has 0 spiro atoms. The van der Waals surface area contributed by atoms with Crippen molar-refractivity contribution >= 4 is 21.4 Å². The SMILES string of the molecule is CCCN1CCN(c2ccc3c(c2)N(S(=O)(=O)c2ccccc2)CC3)CC1. The van der Waals surface area contributed by atoms with Crippen LogP contribution in [0.4, 0.5) is 11.4 Å². The minimum absolute atomic E-state index is 0.358. The van der Waals surface area contributed by atoms with Crippen LogP contribution in [0.3, 0.4) is 0 Å². The molecule has 2 heterocycles. The van der Waals surface area contributed by atoms with Gasteiger partial charge in [0.25, 0.3) is 10.0 Å². The smallest absolute Gasteiger partial charge is 0.264 e. The zero-order valence-corrected chi connectivity index (χ0v) is 16.7. The van der Waals surface area contributed by atoms with Crippen LogP contribution in [-0.4, -0.2) is 52.6 Å². The minimum atomic E-state index is -3.51. The normalized spacial score (nSPS) is 18.0. The van der Waals surface area contributed by atoms with E-state index in [9.17, 15) is 8.42 Å². The summed E-state index contributed by atoms with van der Waals surface area (Å²) in [6.07, 6.45) is 1.96. The van der Waals surface area contributed by atoms with Crippen LogP contribution >= 0.6 is 0 Å². The Morgan fingerprint density at radius 2 is 1.67 bits per heavy atom. The van der Waals surface area contributed by atoms with E-state index in [1.807, 2.05) is 6.07 Å². The van der Waals surface area contributed by atoms with Crippen LogP contribution in [0.1, 0.15) is 18.9 Å². The third-order valence-electron chi connectivity index (χ3n) is 5.53. The number of nitrogens with zero attached hydrogens (tertiary/aromatic N) is 3. The second kappa shape index (κ2) is 7.52. The molecule has 1 saturated heterocycles. The van der Waals surface area contributed by atoms with E-state index in [0.29, 0.717) is 11.4 Å². The van der Waals surface area contributed by atoms with Gasteiger partial charge in [0, 0.05) is 38.4 Å². The Labute approximate surface area is 162 Å². The van der Waals surface area contributed by atoms with Crippen LogP contribution in [-0.2, 0) is 16.4 Å². The van der Waals surface area contributed by atoms with E-state index in [1.165, 1.54) is 6.42 Å². The number of fused-ring (bicyclic) bond motifs is 1. The standard InChI is InChI=1S/C21H27N3O2S/c1-2-11-22-13-15-23(16-14-22)19-9-8-18-10-12-24(21(18)17-19)27(25,26)20-6-4-3-5-7-20/h3-9,17H,2,10-16H2,1H3. The Morgan fingerprint density at radius 1 is 0.926 bits per heavy atom. The van der Waals surface area contributed by atoms with Crippen molar-refractivity contribution in [1.82, 2.24) is 4.90 Å². The van der Waals surface area contributed by atoms with Gasteiger partial charge >= 0.3 is 0 Å². The van der Waals surface area contributed by atoms with Crippen molar-refractivity contribution in [3.05, 3.63) is 54.1 Å². The van der Waals surface area contributed by atoms with Crippen molar-refractivity contribution < 1.29 is 8.42 Å². The highest BCUT2D eigenvalue weighted by Gasteiger charge is 2.31. The highest BCUT2D eigenvalue weighted by Crippen LogP contribution is 2.36. The molecule has 6 heteroatoms. The largest absolute Gasteiger partial charge is 0.369 e. The molecule has 0 unspecified atom stereocenters. The molecule has 144 valence electrons. The Hall–Kier alpha value is -2.05. The second-order valence-electron chi connectivity index (χ2n) is 7.28. The lowest BCUT2D eigenvalue weighted by Gasteiger charge is -2.36. The molecule has 0 N–H and O–H groups in total. The summed E-state index contributed by atoms with van der Waals surface area (Å²) in [7, 11) is -3.51. The molecule has 0 atom stereocenters. The number of piperazine rings is 1. The van der Waals surface area contributed by atoms with Crippen LogP contribution in [0.2, 0.25) is 0 Å². The highest BCUT2D eigenvalue weighted by molar-refractivity contribution is 7.92. The number of hydrogen-bond donors (Lipinski definition) is 0. The van der Waals surface area contributed by atoms with E-state index in [2.05, 4.69) is 34.9 Å². The van der Waals surface area contributed by atoms with E-state index >= 15 is 0 Å². The van der Waals surface area contributed by atoms with Crippen molar-refractivity contribution in [1.29, 1.82) is 0 Å². The minimum Gasteiger partial charge on any atom is -0.369 e. The second-order valence-corrected chi connectivity index (χ2v) is 9.14. The summed E-state index contributed by atoms with van der Waals surface area (Å²) in [6.45, 7) is 8.00. The topological polar surface area (TPSA) is 43.9 Å². The monoisotopic (exact) mass is 385 g/mol. The summed E-state index contributed by atoms with van der Waals surface area (Å²) in [6, 6.07) is 15.0. The Morgan fingerprint density at radius 3 is 2.37 bits per heavy atom. The maximum atomic E-state index is 13.1. The summed E-state index contributed by atoms with van der Waals surface area (Å²) in [5.41, 5.74) is 3.08. The highest BCUT2D eigenvalue weighted by atomic mass is 32.2. The molecular weight excluding hydrogens is 358 g/mol. The summed E-state index contributed by atoms with van der Waals surface area (Å²) >= 11 is 0. The van der Waals surface area contributed by atoms with Gasteiger partial charge < -0.3 is 4.90 Å². The zero-order chi connectivity index (χ0) is 18.9. The van der Waals surface area contributed by atoms with Gasteiger partial charge in [-0.2, -0.15) is 0 Å². The van der Waals surface area contributed by atoms with Gasteiger partial charge in [-0.05, 0) is 49.2 Å². The molecule has 0 aliphatic carbocycles. The van der Waals surface area contributed by atoms with Gasteiger partial charge in [-0.25, -0.2) is 8.42 Å². The van der Waals surface area contributed by atoms with Gasteiger partial charge in [0.15, 0.2) is 0 Å². The lowest BCUT2D eigenvalue weighted by atomic mass is 10.1. The molecular formula is C21H27N3O2S. The first-order valence-electron chi connectivity index (χ1n) is 9.77. The molecule has 2 aromatic carbocycles. The fraction of sp³-hybridized carbons (Fsp3) is 0.429. The fourth-order valence-corrected chi connectivity index (χ4v) is 5.57. The van der Waals surface area contributed by atoms with E-state index in [-0.39, 0.29) is 0 Å². The van der Waals surface area contributed by atoms with Crippen molar-refractivity contribution in [3.63, 3.8) is 0 Å². The first kappa shape index (κ1) is 18.3. The predicted octanol–water partition coefficient (Wildman–Crippen LogP) is 2.97. The number of rotatable bonds is 5. The molecule has 1 fully saturated rings. The Bertz CT molecular complexity index is 891.